The van der Waals surface area contributed by atoms with E-state index in [0.717, 1.165) is 47.3 Å². The molecule has 0 aliphatic rings. The molecule has 1 N–H and O–H groups in total. The fourth-order valence-electron chi connectivity index (χ4n) is 4.81. The maximum absolute atomic E-state index is 13.9. The molecule has 1 aromatic carbocycles. The number of hydrogen-bond donors (Lipinski definition) is 1. The van der Waals surface area contributed by atoms with Gasteiger partial charge in [0.25, 0.3) is 0 Å². The van der Waals surface area contributed by atoms with Crippen LogP contribution in [0.2, 0.25) is 0 Å². The highest BCUT2D eigenvalue weighted by atomic mass is 16.5. The number of unbranched alkanes of at least 4 members (excludes halogenated alkanes) is 1. The van der Waals surface area contributed by atoms with Gasteiger partial charge in [0.2, 0.25) is 5.82 Å². The lowest BCUT2D eigenvalue weighted by Crippen LogP contribution is -2.27. The number of rotatable bonds is 10. The molecule has 11 nitrogen and oxygen atoms in total. The van der Waals surface area contributed by atoms with Gasteiger partial charge >= 0.3 is 11.7 Å². The zero-order chi connectivity index (χ0) is 28.2. The summed E-state index contributed by atoms with van der Waals surface area (Å²) in [4.78, 5) is 31.1. The third-order valence-corrected chi connectivity index (χ3v) is 6.86. The standard InChI is InChI=1S/C29H32N8O3/c1-5-6-10-24-18-37(27-25(28(38)40-4)12-14-35(27)19(2)3)29(39)36(24)17-23-16-21(11-13-30-23)20-8-7-9-22(15-20)26-31-33-34-32-26/h7-9,11-16,18-19H,5-6,10,17H2,1-4H3,(H,31,32,33,34). The van der Waals surface area contributed by atoms with Crippen molar-refractivity contribution >= 4 is 5.97 Å². The second-order valence-corrected chi connectivity index (χ2v) is 9.86. The molecule has 0 atom stereocenters. The van der Waals surface area contributed by atoms with Gasteiger partial charge in [-0.15, -0.1) is 10.2 Å². The third-order valence-electron chi connectivity index (χ3n) is 6.86. The van der Waals surface area contributed by atoms with Crippen LogP contribution in [0.4, 0.5) is 0 Å². The molecule has 0 unspecified atom stereocenters. The average molecular weight is 541 g/mol. The first kappa shape index (κ1) is 26.8. The van der Waals surface area contributed by atoms with Gasteiger partial charge in [0.05, 0.1) is 19.3 Å². The topological polar surface area (TPSA) is 126 Å². The largest absolute Gasteiger partial charge is 0.465 e. The van der Waals surface area contributed by atoms with E-state index in [2.05, 4.69) is 32.5 Å². The molecule has 0 amide bonds. The Labute approximate surface area is 231 Å². The number of carbonyl (C=O) groups excluding carboxylic acids is 1. The molecule has 0 saturated carbocycles. The SMILES string of the molecule is CCCCc1cn(-c2c(C(=O)OC)ccn2C(C)C)c(=O)n1Cc1cc(-c2cccc(-c3nn[nH]n3)c2)ccn1. The van der Waals surface area contributed by atoms with Crippen LogP contribution in [-0.4, -0.2) is 52.4 Å². The Kier molecular flexibility index (Phi) is 7.72. The van der Waals surface area contributed by atoms with E-state index >= 15 is 0 Å². The van der Waals surface area contributed by atoms with Crippen molar-refractivity contribution in [2.24, 2.45) is 0 Å². The molecule has 0 fully saturated rings. The van der Waals surface area contributed by atoms with Crippen molar-refractivity contribution in [1.29, 1.82) is 0 Å². The first-order chi connectivity index (χ1) is 19.4. The van der Waals surface area contributed by atoms with Gasteiger partial charge in [0, 0.05) is 35.9 Å². The number of pyridine rings is 1. The maximum atomic E-state index is 13.9. The van der Waals surface area contributed by atoms with Crippen molar-refractivity contribution in [3.05, 3.63) is 88.5 Å². The Balaban J connectivity index is 1.55. The van der Waals surface area contributed by atoms with Crippen molar-refractivity contribution < 1.29 is 9.53 Å². The first-order valence-electron chi connectivity index (χ1n) is 13.3. The van der Waals surface area contributed by atoms with Crippen molar-refractivity contribution in [3.63, 3.8) is 0 Å². The third kappa shape index (κ3) is 5.22. The molecule has 0 aliphatic carbocycles. The van der Waals surface area contributed by atoms with Gasteiger partial charge in [0.1, 0.15) is 11.4 Å². The second kappa shape index (κ2) is 11.5. The summed E-state index contributed by atoms with van der Waals surface area (Å²) in [6, 6.07) is 13.5. The molecule has 4 aromatic heterocycles. The monoisotopic (exact) mass is 540 g/mol. The number of esters is 1. The van der Waals surface area contributed by atoms with E-state index in [1.54, 1.807) is 21.4 Å². The zero-order valence-electron chi connectivity index (χ0n) is 23.0. The quantitative estimate of drug-likeness (QED) is 0.260. The lowest BCUT2D eigenvalue weighted by Gasteiger charge is -2.14. The van der Waals surface area contributed by atoms with E-state index in [-0.39, 0.29) is 11.7 Å². The lowest BCUT2D eigenvalue weighted by molar-refractivity contribution is 0.0600. The minimum absolute atomic E-state index is 0.0318. The number of benzene rings is 1. The van der Waals surface area contributed by atoms with Crippen molar-refractivity contribution in [1.82, 2.24) is 39.3 Å². The Morgan fingerprint density at radius 3 is 2.62 bits per heavy atom. The lowest BCUT2D eigenvalue weighted by atomic mass is 10.0. The molecule has 0 bridgehead atoms. The van der Waals surface area contributed by atoms with Crippen LogP contribution in [-0.2, 0) is 17.7 Å². The fraction of sp³-hybridized carbons (Fsp3) is 0.310. The van der Waals surface area contributed by atoms with E-state index in [1.807, 2.05) is 67.2 Å². The Hall–Kier alpha value is -4.80. The number of nitrogens with zero attached hydrogens (tertiary/aromatic N) is 7. The van der Waals surface area contributed by atoms with Crippen molar-refractivity contribution in [2.75, 3.05) is 7.11 Å². The number of methoxy groups -OCH3 is 1. The summed E-state index contributed by atoms with van der Waals surface area (Å²) in [6.45, 7) is 6.42. The summed E-state index contributed by atoms with van der Waals surface area (Å²) in [5, 5.41) is 14.3. The van der Waals surface area contributed by atoms with E-state index in [0.29, 0.717) is 23.8 Å². The Morgan fingerprint density at radius 2 is 1.90 bits per heavy atom. The van der Waals surface area contributed by atoms with E-state index in [4.69, 9.17) is 4.74 Å². The van der Waals surface area contributed by atoms with Gasteiger partial charge in [-0.2, -0.15) is 5.21 Å². The van der Waals surface area contributed by atoms with Gasteiger partial charge in [-0.25, -0.2) is 9.59 Å². The van der Waals surface area contributed by atoms with Crippen LogP contribution >= 0.6 is 0 Å². The first-order valence-corrected chi connectivity index (χ1v) is 13.3. The summed E-state index contributed by atoms with van der Waals surface area (Å²) < 4.78 is 10.2. The molecule has 40 heavy (non-hydrogen) atoms. The van der Waals surface area contributed by atoms with Gasteiger partial charge in [0.15, 0.2) is 0 Å². The van der Waals surface area contributed by atoms with E-state index in [1.165, 1.54) is 7.11 Å². The predicted octanol–water partition coefficient (Wildman–Crippen LogP) is 4.44. The van der Waals surface area contributed by atoms with Crippen molar-refractivity contribution in [2.45, 2.75) is 52.6 Å². The molecule has 5 aromatic rings. The summed E-state index contributed by atoms with van der Waals surface area (Å²) in [5.41, 5.74) is 4.51. The minimum atomic E-state index is -0.485. The van der Waals surface area contributed by atoms with Crippen LogP contribution in [0.3, 0.4) is 0 Å². The number of aromatic nitrogens is 8. The molecule has 0 spiro atoms. The smallest absolute Gasteiger partial charge is 0.341 e. The van der Waals surface area contributed by atoms with Gasteiger partial charge < -0.3 is 9.30 Å². The number of aryl methyl sites for hydroxylation is 1. The number of ether oxygens (including phenoxy) is 1. The zero-order valence-corrected chi connectivity index (χ0v) is 23.0. The van der Waals surface area contributed by atoms with Crippen LogP contribution in [0, 0.1) is 0 Å². The molecule has 0 radical (unpaired) electrons. The van der Waals surface area contributed by atoms with E-state index < -0.39 is 5.97 Å². The van der Waals surface area contributed by atoms with Crippen LogP contribution < -0.4 is 5.69 Å². The number of H-pyrrole nitrogens is 1. The number of nitrogens with one attached hydrogen (secondary N) is 1. The van der Waals surface area contributed by atoms with Crippen LogP contribution in [0.1, 0.15) is 61.4 Å². The van der Waals surface area contributed by atoms with Gasteiger partial charge in [-0.1, -0.05) is 31.5 Å². The fourth-order valence-corrected chi connectivity index (χ4v) is 4.81. The molecular formula is C29H32N8O3. The van der Waals surface area contributed by atoms with Crippen LogP contribution in [0.25, 0.3) is 28.3 Å². The molecule has 5 rings (SSSR count). The molecule has 11 heteroatoms. The normalized spacial score (nSPS) is 11.3. The number of tetrazole rings is 1. The highest BCUT2D eigenvalue weighted by Crippen LogP contribution is 2.25. The average Bonchev–Trinajstić information content (AvgIpc) is 3.72. The highest BCUT2D eigenvalue weighted by Gasteiger charge is 2.23. The van der Waals surface area contributed by atoms with E-state index in [9.17, 15) is 9.59 Å². The minimum Gasteiger partial charge on any atom is -0.465 e. The molecule has 206 valence electrons. The molecule has 0 aliphatic heterocycles. The van der Waals surface area contributed by atoms with Crippen LogP contribution in [0.5, 0.6) is 0 Å². The van der Waals surface area contributed by atoms with Gasteiger partial charge in [-0.05, 0) is 67.3 Å². The van der Waals surface area contributed by atoms with Crippen LogP contribution in [0.15, 0.2) is 65.8 Å². The maximum Gasteiger partial charge on any atom is 0.341 e. The number of imidazole rings is 1. The molecule has 0 saturated heterocycles. The molecule has 4 heterocycles. The number of hydrogen-bond acceptors (Lipinski definition) is 7. The predicted molar refractivity (Wildman–Crippen MR) is 150 cm³/mol. The molecular weight excluding hydrogens is 508 g/mol. The number of carbonyl (C=O) groups is 1. The highest BCUT2D eigenvalue weighted by molar-refractivity contribution is 5.93. The second-order valence-electron chi connectivity index (χ2n) is 9.86. The van der Waals surface area contributed by atoms with Crippen molar-refractivity contribution in [3.8, 4) is 28.3 Å². The Morgan fingerprint density at radius 1 is 1.10 bits per heavy atom. The summed E-state index contributed by atoms with van der Waals surface area (Å²) in [5.74, 6) is 0.534. The van der Waals surface area contributed by atoms with Gasteiger partial charge in [-0.3, -0.25) is 14.1 Å². The summed E-state index contributed by atoms with van der Waals surface area (Å²) >= 11 is 0. The Bertz CT molecular complexity index is 1680. The summed E-state index contributed by atoms with van der Waals surface area (Å²) in [7, 11) is 1.34. The summed E-state index contributed by atoms with van der Waals surface area (Å²) in [6.07, 6.45) is 8.04. The number of aromatic amines is 1.